The maximum Gasteiger partial charge on any atom is 0.325 e. The van der Waals surface area contributed by atoms with E-state index in [-0.39, 0.29) is 23.6 Å². The Morgan fingerprint density at radius 1 is 1.26 bits per heavy atom. The van der Waals surface area contributed by atoms with Gasteiger partial charge in [-0.05, 0) is 58.2 Å². The molecule has 0 spiro atoms. The van der Waals surface area contributed by atoms with Crippen LogP contribution >= 0.6 is 11.3 Å². The summed E-state index contributed by atoms with van der Waals surface area (Å²) in [6.07, 6.45) is 2.84. The number of aromatic nitrogens is 1. The van der Waals surface area contributed by atoms with Gasteiger partial charge in [0.15, 0.2) is 11.5 Å². The number of carbonyl (C=O) groups is 2. The molecule has 0 bridgehead atoms. The quantitative estimate of drug-likeness (QED) is 0.525. The lowest BCUT2D eigenvalue weighted by molar-refractivity contribution is -0.134. The number of phenols is 1. The van der Waals surface area contributed by atoms with Gasteiger partial charge in [0, 0.05) is 30.0 Å². The number of nitrogens with zero attached hydrogens (tertiary/aromatic N) is 3. The summed E-state index contributed by atoms with van der Waals surface area (Å²) in [6, 6.07) is 5.30. The normalized spacial score (nSPS) is 21.8. The number of rotatable bonds is 9. The van der Waals surface area contributed by atoms with Crippen LogP contribution in [0.15, 0.2) is 23.7 Å². The fraction of sp³-hybridized carbons (Fsp3) is 0.560. The summed E-state index contributed by atoms with van der Waals surface area (Å²) in [7, 11) is 0. The number of amides is 3. The fourth-order valence-corrected chi connectivity index (χ4v) is 5.99. The van der Waals surface area contributed by atoms with Crippen LogP contribution < -0.4 is 10.1 Å². The fourth-order valence-electron chi connectivity index (χ4n) is 5.22. The van der Waals surface area contributed by atoms with Crippen LogP contribution in [-0.2, 0) is 17.8 Å². The van der Waals surface area contributed by atoms with Gasteiger partial charge in [0.2, 0.25) is 0 Å². The van der Waals surface area contributed by atoms with Crippen molar-refractivity contribution >= 4 is 23.3 Å². The summed E-state index contributed by atoms with van der Waals surface area (Å²) in [5.41, 5.74) is 2.77. The van der Waals surface area contributed by atoms with Crippen molar-refractivity contribution in [3.8, 4) is 11.5 Å². The standard InChI is InChI=1S/C25H34N4O4S/c1-4-25(23(31)29(24(32)27-25)14-11-21-17(3)26-16-34-21)19-9-12-28(13-10-19)15-18-7-6-8-20(22(18)30)33-5-2/h6-8,16,19,30H,4-5,9-15H2,1-3H3,(H,27,32)/t25-/m1/s1. The lowest BCUT2D eigenvalue weighted by Crippen LogP contribution is -2.55. The first-order valence-electron chi connectivity index (χ1n) is 12.1. The van der Waals surface area contributed by atoms with Crippen LogP contribution in [0.2, 0.25) is 0 Å². The largest absolute Gasteiger partial charge is 0.504 e. The summed E-state index contributed by atoms with van der Waals surface area (Å²) in [6.45, 7) is 8.94. The molecule has 0 saturated carbocycles. The minimum atomic E-state index is -0.830. The van der Waals surface area contributed by atoms with Gasteiger partial charge < -0.3 is 15.2 Å². The molecule has 2 aromatic rings. The molecule has 1 aromatic carbocycles. The van der Waals surface area contributed by atoms with Crippen LogP contribution in [0.5, 0.6) is 11.5 Å². The van der Waals surface area contributed by atoms with Crippen LogP contribution in [0.3, 0.4) is 0 Å². The Morgan fingerprint density at radius 2 is 2.03 bits per heavy atom. The van der Waals surface area contributed by atoms with Crippen molar-refractivity contribution in [3.05, 3.63) is 39.8 Å². The number of phenolic OH excluding ortho intramolecular Hbond substituents is 1. The molecule has 4 rings (SSSR count). The molecule has 0 aliphatic carbocycles. The monoisotopic (exact) mass is 486 g/mol. The second-order valence-corrected chi connectivity index (χ2v) is 10.0. The van der Waals surface area contributed by atoms with E-state index in [0.29, 0.717) is 38.3 Å². The van der Waals surface area contributed by atoms with E-state index < -0.39 is 5.54 Å². The number of thiazole rings is 1. The zero-order valence-corrected chi connectivity index (χ0v) is 21.0. The number of benzene rings is 1. The lowest BCUT2D eigenvalue weighted by atomic mass is 9.75. The van der Waals surface area contributed by atoms with Gasteiger partial charge in [-0.1, -0.05) is 19.1 Å². The minimum absolute atomic E-state index is 0.0868. The summed E-state index contributed by atoms with van der Waals surface area (Å²) < 4.78 is 5.51. The van der Waals surface area contributed by atoms with Crippen molar-refractivity contribution < 1.29 is 19.4 Å². The molecule has 8 nitrogen and oxygen atoms in total. The van der Waals surface area contributed by atoms with Crippen LogP contribution in [0.25, 0.3) is 0 Å². The Hall–Kier alpha value is -2.65. The van der Waals surface area contributed by atoms with Crippen LogP contribution in [0.4, 0.5) is 4.79 Å². The number of urea groups is 1. The second-order valence-electron chi connectivity index (χ2n) is 9.07. The first-order valence-corrected chi connectivity index (χ1v) is 13.0. The number of imide groups is 1. The predicted molar refractivity (Wildman–Crippen MR) is 131 cm³/mol. The zero-order chi connectivity index (χ0) is 24.3. The molecule has 34 heavy (non-hydrogen) atoms. The molecule has 2 aliphatic heterocycles. The number of piperidine rings is 1. The van der Waals surface area contributed by atoms with E-state index in [1.165, 1.54) is 4.90 Å². The number of hydrogen-bond acceptors (Lipinski definition) is 7. The number of aryl methyl sites for hydroxylation is 1. The number of aromatic hydroxyl groups is 1. The maximum atomic E-state index is 13.5. The van der Waals surface area contributed by atoms with Gasteiger partial charge in [-0.2, -0.15) is 0 Å². The Labute approximate surface area is 204 Å². The first-order chi connectivity index (χ1) is 16.4. The van der Waals surface area contributed by atoms with Gasteiger partial charge in [0.05, 0.1) is 17.8 Å². The molecule has 9 heteroatoms. The maximum absolute atomic E-state index is 13.5. The highest BCUT2D eigenvalue weighted by Crippen LogP contribution is 2.37. The van der Waals surface area contributed by atoms with E-state index in [4.69, 9.17) is 4.74 Å². The van der Waals surface area contributed by atoms with Crippen molar-refractivity contribution in [2.45, 2.75) is 58.5 Å². The van der Waals surface area contributed by atoms with E-state index in [0.717, 1.165) is 42.1 Å². The third kappa shape index (κ3) is 4.63. The van der Waals surface area contributed by atoms with Crippen molar-refractivity contribution in [3.63, 3.8) is 0 Å². The molecular weight excluding hydrogens is 452 g/mol. The summed E-state index contributed by atoms with van der Waals surface area (Å²) >= 11 is 1.56. The summed E-state index contributed by atoms with van der Waals surface area (Å²) in [5, 5.41) is 13.6. The lowest BCUT2D eigenvalue weighted by Gasteiger charge is -2.40. The second kappa shape index (κ2) is 10.3. The molecule has 1 aromatic heterocycles. The summed E-state index contributed by atoms with van der Waals surface area (Å²) in [4.78, 5) is 35.4. The Kier molecular flexibility index (Phi) is 7.42. The molecule has 3 amide bonds. The number of likely N-dealkylation sites (tertiary alicyclic amines) is 1. The minimum Gasteiger partial charge on any atom is -0.504 e. The number of nitrogens with one attached hydrogen (secondary N) is 1. The number of hydrogen-bond donors (Lipinski definition) is 2. The first kappa shape index (κ1) is 24.5. The van der Waals surface area contributed by atoms with E-state index >= 15 is 0 Å². The van der Waals surface area contributed by atoms with Crippen LogP contribution in [0.1, 0.15) is 49.2 Å². The predicted octanol–water partition coefficient (Wildman–Crippen LogP) is 3.71. The molecule has 2 aliphatic rings. The van der Waals surface area contributed by atoms with E-state index in [9.17, 15) is 14.7 Å². The highest BCUT2D eigenvalue weighted by Gasteiger charge is 2.54. The van der Waals surface area contributed by atoms with Crippen molar-refractivity contribution in [1.82, 2.24) is 20.1 Å². The molecule has 2 N–H and O–H groups in total. The van der Waals surface area contributed by atoms with Gasteiger partial charge in [0.1, 0.15) is 5.54 Å². The SMILES string of the molecule is CCOc1cccc(CN2CCC([C@@]3(CC)NC(=O)N(CCc4scnc4C)C3=O)CC2)c1O. The smallest absolute Gasteiger partial charge is 0.325 e. The van der Waals surface area contributed by atoms with Gasteiger partial charge in [-0.15, -0.1) is 11.3 Å². The molecule has 0 unspecified atom stereocenters. The molecule has 184 valence electrons. The number of ether oxygens (including phenoxy) is 1. The van der Waals surface area contributed by atoms with E-state index in [1.54, 1.807) is 22.9 Å². The van der Waals surface area contributed by atoms with Crippen molar-refractivity contribution in [2.75, 3.05) is 26.2 Å². The highest BCUT2D eigenvalue weighted by molar-refractivity contribution is 7.09. The third-order valence-corrected chi connectivity index (χ3v) is 8.22. The summed E-state index contributed by atoms with van der Waals surface area (Å²) in [5.74, 6) is 0.695. The molecule has 2 fully saturated rings. The molecular formula is C25H34N4O4S. The van der Waals surface area contributed by atoms with Crippen molar-refractivity contribution in [1.29, 1.82) is 0 Å². The van der Waals surface area contributed by atoms with E-state index in [1.807, 2.05) is 32.9 Å². The Bertz CT molecular complexity index is 1030. The van der Waals surface area contributed by atoms with Crippen molar-refractivity contribution in [2.24, 2.45) is 5.92 Å². The Balaban J connectivity index is 1.39. The third-order valence-electron chi connectivity index (χ3n) is 7.23. The Morgan fingerprint density at radius 3 is 2.68 bits per heavy atom. The van der Waals surface area contributed by atoms with Crippen LogP contribution in [0, 0.1) is 12.8 Å². The van der Waals surface area contributed by atoms with E-state index in [2.05, 4.69) is 15.2 Å². The number of para-hydroxylation sites is 1. The molecule has 1 atom stereocenters. The van der Waals surface area contributed by atoms with Gasteiger partial charge in [-0.25, -0.2) is 9.78 Å². The van der Waals surface area contributed by atoms with Gasteiger partial charge in [-0.3, -0.25) is 14.6 Å². The average molecular weight is 487 g/mol. The highest BCUT2D eigenvalue weighted by atomic mass is 32.1. The molecule has 0 radical (unpaired) electrons. The average Bonchev–Trinajstić information content (AvgIpc) is 3.35. The molecule has 3 heterocycles. The zero-order valence-electron chi connectivity index (χ0n) is 20.2. The molecule has 2 saturated heterocycles. The topological polar surface area (TPSA) is 95.0 Å². The van der Waals surface area contributed by atoms with Crippen LogP contribution in [-0.4, -0.2) is 63.6 Å². The van der Waals surface area contributed by atoms with Gasteiger partial charge >= 0.3 is 6.03 Å². The number of carbonyl (C=O) groups excluding carboxylic acids is 2. The van der Waals surface area contributed by atoms with Gasteiger partial charge in [0.25, 0.3) is 5.91 Å².